The summed E-state index contributed by atoms with van der Waals surface area (Å²) in [5, 5.41) is 12.5. The molecular weight excluding hydrogens is 268 g/mol. The van der Waals surface area contributed by atoms with E-state index >= 15 is 0 Å². The van der Waals surface area contributed by atoms with Gasteiger partial charge in [-0.2, -0.15) is 0 Å². The van der Waals surface area contributed by atoms with Crippen molar-refractivity contribution in [1.29, 1.82) is 0 Å². The van der Waals surface area contributed by atoms with E-state index in [9.17, 15) is 5.11 Å². The van der Waals surface area contributed by atoms with Crippen LogP contribution < -0.4 is 0 Å². The fourth-order valence-electron chi connectivity index (χ4n) is 1.57. The van der Waals surface area contributed by atoms with Crippen LogP contribution >= 0.6 is 22.9 Å². The Hall–Kier alpha value is -0.160. The summed E-state index contributed by atoms with van der Waals surface area (Å²) in [5.74, 6) is 0.504. The molecule has 0 radical (unpaired) electrons. The Labute approximate surface area is 119 Å². The van der Waals surface area contributed by atoms with Crippen molar-refractivity contribution in [3.63, 3.8) is 0 Å². The highest BCUT2D eigenvalue weighted by Gasteiger charge is 2.21. The summed E-state index contributed by atoms with van der Waals surface area (Å²) in [6, 6.07) is 0. The summed E-state index contributed by atoms with van der Waals surface area (Å²) in [6.07, 6.45) is 3.27. The second-order valence-electron chi connectivity index (χ2n) is 5.22. The highest BCUT2D eigenvalue weighted by molar-refractivity contribution is 7.09. The average Bonchev–Trinajstić information content (AvgIpc) is 2.82. The standard InChI is InChI=1S/C13H23ClN2OS/c1-13(2,10-17)16(3)7-5-4-6-12-15-11(8-14)9-18-12/h9,17H,4-8,10H2,1-3H3. The molecule has 0 amide bonds. The summed E-state index contributed by atoms with van der Waals surface area (Å²) in [7, 11) is 2.06. The zero-order valence-electron chi connectivity index (χ0n) is 11.4. The first-order valence-corrected chi connectivity index (χ1v) is 7.72. The van der Waals surface area contributed by atoms with E-state index in [-0.39, 0.29) is 12.1 Å². The van der Waals surface area contributed by atoms with Gasteiger partial charge in [0.25, 0.3) is 0 Å². The molecule has 0 spiro atoms. The number of aliphatic hydroxyl groups excluding tert-OH is 1. The van der Waals surface area contributed by atoms with Gasteiger partial charge in [0, 0.05) is 10.9 Å². The highest BCUT2D eigenvalue weighted by atomic mass is 35.5. The van der Waals surface area contributed by atoms with Crippen molar-refractivity contribution in [3.8, 4) is 0 Å². The maximum Gasteiger partial charge on any atom is 0.0928 e. The molecule has 0 aliphatic carbocycles. The van der Waals surface area contributed by atoms with E-state index in [1.165, 1.54) is 5.01 Å². The Morgan fingerprint density at radius 3 is 2.72 bits per heavy atom. The molecular formula is C13H23ClN2OS. The molecule has 1 aromatic heterocycles. The number of thiazole rings is 1. The predicted molar refractivity (Wildman–Crippen MR) is 78.4 cm³/mol. The predicted octanol–water partition coefficient (Wildman–Crippen LogP) is 2.91. The highest BCUT2D eigenvalue weighted by Crippen LogP contribution is 2.15. The molecule has 0 unspecified atom stereocenters. The number of nitrogens with zero attached hydrogens (tertiary/aromatic N) is 2. The topological polar surface area (TPSA) is 36.4 Å². The van der Waals surface area contributed by atoms with Crippen LogP contribution in [0.1, 0.15) is 37.4 Å². The molecule has 0 aliphatic heterocycles. The van der Waals surface area contributed by atoms with Gasteiger partial charge in [-0.3, -0.25) is 4.90 Å². The van der Waals surface area contributed by atoms with Crippen molar-refractivity contribution in [3.05, 3.63) is 16.1 Å². The van der Waals surface area contributed by atoms with Crippen LogP contribution in [0, 0.1) is 0 Å². The first kappa shape index (κ1) is 15.9. The van der Waals surface area contributed by atoms with Gasteiger partial charge in [-0.05, 0) is 46.7 Å². The zero-order valence-corrected chi connectivity index (χ0v) is 13.0. The molecule has 1 N–H and O–H groups in total. The first-order valence-electron chi connectivity index (χ1n) is 6.31. The summed E-state index contributed by atoms with van der Waals surface area (Å²) < 4.78 is 0. The van der Waals surface area contributed by atoms with E-state index in [1.807, 2.05) is 5.38 Å². The Morgan fingerprint density at radius 2 is 2.17 bits per heavy atom. The molecule has 1 rings (SSSR count). The molecule has 1 aromatic rings. The molecule has 3 nitrogen and oxygen atoms in total. The van der Waals surface area contributed by atoms with E-state index in [4.69, 9.17) is 11.6 Å². The molecule has 5 heteroatoms. The van der Waals surface area contributed by atoms with Gasteiger partial charge >= 0.3 is 0 Å². The van der Waals surface area contributed by atoms with Crippen molar-refractivity contribution < 1.29 is 5.11 Å². The summed E-state index contributed by atoms with van der Waals surface area (Å²) >= 11 is 7.42. The number of likely N-dealkylation sites (N-methyl/N-ethyl adjacent to an activating group) is 1. The largest absolute Gasteiger partial charge is 0.394 e. The molecule has 0 bridgehead atoms. The Kier molecular flexibility index (Phi) is 6.57. The van der Waals surface area contributed by atoms with E-state index in [1.54, 1.807) is 11.3 Å². The molecule has 1 heterocycles. The number of aliphatic hydroxyl groups is 1. The lowest BCUT2D eigenvalue weighted by atomic mass is 10.0. The van der Waals surface area contributed by atoms with Crippen LogP contribution in [0.3, 0.4) is 0 Å². The molecule has 0 aromatic carbocycles. The lowest BCUT2D eigenvalue weighted by Crippen LogP contribution is -2.44. The van der Waals surface area contributed by atoms with E-state index in [2.05, 4.69) is 30.8 Å². The summed E-state index contributed by atoms with van der Waals surface area (Å²) in [5.41, 5.74) is 0.850. The van der Waals surface area contributed by atoms with Crippen molar-refractivity contribution >= 4 is 22.9 Å². The number of hydrogen-bond donors (Lipinski definition) is 1. The molecule has 104 valence electrons. The SMILES string of the molecule is CN(CCCCc1nc(CCl)cs1)C(C)(C)CO. The number of halogens is 1. The minimum Gasteiger partial charge on any atom is -0.394 e. The van der Waals surface area contributed by atoms with Crippen LogP contribution in [-0.4, -0.2) is 40.7 Å². The Morgan fingerprint density at radius 1 is 1.44 bits per heavy atom. The number of rotatable bonds is 8. The maximum absolute atomic E-state index is 9.27. The quantitative estimate of drug-likeness (QED) is 0.591. The van der Waals surface area contributed by atoms with Gasteiger partial charge in [0.15, 0.2) is 0 Å². The minimum atomic E-state index is -0.132. The number of aryl methyl sites for hydroxylation is 1. The minimum absolute atomic E-state index is 0.132. The van der Waals surface area contributed by atoms with Crippen LogP contribution in [0.25, 0.3) is 0 Å². The van der Waals surface area contributed by atoms with E-state index in [0.717, 1.165) is 31.5 Å². The lowest BCUT2D eigenvalue weighted by molar-refractivity contribution is 0.0778. The number of unbranched alkanes of at least 4 members (excludes halogenated alkanes) is 1. The number of hydrogen-bond acceptors (Lipinski definition) is 4. The molecule has 18 heavy (non-hydrogen) atoms. The van der Waals surface area contributed by atoms with Gasteiger partial charge in [0.05, 0.1) is 23.2 Å². The summed E-state index contributed by atoms with van der Waals surface area (Å²) in [4.78, 5) is 6.65. The third-order valence-electron chi connectivity index (χ3n) is 3.29. The molecule has 0 fully saturated rings. The van der Waals surface area contributed by atoms with Crippen molar-refractivity contribution in [2.75, 3.05) is 20.2 Å². The van der Waals surface area contributed by atoms with Gasteiger partial charge in [-0.15, -0.1) is 22.9 Å². The maximum atomic E-state index is 9.27. The molecule has 0 saturated heterocycles. The van der Waals surface area contributed by atoms with E-state index in [0.29, 0.717) is 5.88 Å². The number of aromatic nitrogens is 1. The fraction of sp³-hybridized carbons (Fsp3) is 0.769. The van der Waals surface area contributed by atoms with Crippen LogP contribution in [-0.2, 0) is 12.3 Å². The fourth-order valence-corrected chi connectivity index (χ4v) is 2.64. The monoisotopic (exact) mass is 290 g/mol. The van der Waals surface area contributed by atoms with Gasteiger partial charge in [0.1, 0.15) is 0 Å². The second-order valence-corrected chi connectivity index (χ2v) is 6.43. The second kappa shape index (κ2) is 7.43. The van der Waals surface area contributed by atoms with Gasteiger partial charge < -0.3 is 5.11 Å². The zero-order chi connectivity index (χ0) is 13.6. The van der Waals surface area contributed by atoms with Crippen LogP contribution in [0.2, 0.25) is 0 Å². The van der Waals surface area contributed by atoms with Gasteiger partial charge in [-0.1, -0.05) is 0 Å². The van der Waals surface area contributed by atoms with Gasteiger partial charge in [-0.25, -0.2) is 4.98 Å². The molecule has 0 saturated carbocycles. The first-order chi connectivity index (χ1) is 8.49. The van der Waals surface area contributed by atoms with Crippen LogP contribution in [0.15, 0.2) is 5.38 Å². The smallest absolute Gasteiger partial charge is 0.0928 e. The summed E-state index contributed by atoms with van der Waals surface area (Å²) in [6.45, 7) is 5.30. The van der Waals surface area contributed by atoms with Crippen LogP contribution in [0.4, 0.5) is 0 Å². The Bertz CT molecular complexity index is 355. The van der Waals surface area contributed by atoms with Crippen molar-refractivity contribution in [1.82, 2.24) is 9.88 Å². The van der Waals surface area contributed by atoms with Crippen molar-refractivity contribution in [2.45, 2.75) is 44.5 Å². The van der Waals surface area contributed by atoms with Crippen molar-refractivity contribution in [2.24, 2.45) is 0 Å². The van der Waals surface area contributed by atoms with Crippen LogP contribution in [0.5, 0.6) is 0 Å². The lowest BCUT2D eigenvalue weighted by Gasteiger charge is -2.33. The Balaban J connectivity index is 2.22. The number of alkyl halides is 1. The third kappa shape index (κ3) is 4.84. The normalized spacial score (nSPS) is 12.3. The van der Waals surface area contributed by atoms with Gasteiger partial charge in [0.2, 0.25) is 0 Å². The van der Waals surface area contributed by atoms with E-state index < -0.39 is 0 Å². The molecule has 0 aliphatic rings. The molecule has 0 atom stereocenters. The average molecular weight is 291 g/mol. The third-order valence-corrected chi connectivity index (χ3v) is 4.52.